The van der Waals surface area contributed by atoms with Crippen LogP contribution < -0.4 is 0 Å². The number of hydrogen-bond acceptors (Lipinski definition) is 7. The van der Waals surface area contributed by atoms with Gasteiger partial charge in [-0.25, -0.2) is 4.79 Å². The Kier molecular flexibility index (Phi) is 6.73. The van der Waals surface area contributed by atoms with E-state index in [0.717, 1.165) is 11.3 Å². The summed E-state index contributed by atoms with van der Waals surface area (Å²) in [5.74, 6) is -1.74. The fraction of sp³-hybridized carbons (Fsp3) is 0.238. The lowest BCUT2D eigenvalue weighted by Crippen LogP contribution is -2.34. The summed E-state index contributed by atoms with van der Waals surface area (Å²) >= 11 is 0.697. The van der Waals surface area contributed by atoms with E-state index in [1.807, 2.05) is 6.92 Å². The van der Waals surface area contributed by atoms with E-state index < -0.39 is 29.6 Å². The summed E-state index contributed by atoms with van der Waals surface area (Å²) < 4.78 is 10.7. The monoisotopic (exact) mass is 429 g/mol. The highest BCUT2D eigenvalue weighted by Crippen LogP contribution is 2.33. The topological polar surface area (TPSA) is 114 Å². The van der Waals surface area contributed by atoms with Gasteiger partial charge < -0.3 is 14.3 Å². The van der Waals surface area contributed by atoms with Crippen molar-refractivity contribution >= 4 is 40.9 Å². The number of rotatable bonds is 8. The standard InChI is InChI=1S/C21H19NO7S/c1-2-3-10-28-18(23)12-22-19(24)17(30-21(22)27)11-13-8-9-16(29-13)14-6-4-5-7-15(14)20(25)26/h4-9,11H,2-3,10,12H2,1H3,(H,25,26)/b17-11-. The molecule has 1 aromatic heterocycles. The van der Waals surface area contributed by atoms with Gasteiger partial charge in [0.05, 0.1) is 17.1 Å². The number of furan rings is 1. The van der Waals surface area contributed by atoms with Crippen LogP contribution in [0.4, 0.5) is 4.79 Å². The van der Waals surface area contributed by atoms with Crippen molar-refractivity contribution in [3.05, 3.63) is 52.6 Å². The first-order valence-electron chi connectivity index (χ1n) is 9.24. The second-order valence-corrected chi connectivity index (χ2v) is 7.39. The molecule has 8 nitrogen and oxygen atoms in total. The van der Waals surface area contributed by atoms with Gasteiger partial charge in [-0.1, -0.05) is 31.5 Å². The Labute approximate surface area is 176 Å². The highest BCUT2D eigenvalue weighted by molar-refractivity contribution is 8.18. The summed E-state index contributed by atoms with van der Waals surface area (Å²) in [5, 5.41) is 8.75. The molecule has 1 aromatic carbocycles. The van der Waals surface area contributed by atoms with Gasteiger partial charge in [0.25, 0.3) is 11.1 Å². The van der Waals surface area contributed by atoms with Crippen LogP contribution in [0.3, 0.4) is 0 Å². The Morgan fingerprint density at radius 2 is 1.97 bits per heavy atom. The third-order valence-corrected chi connectivity index (χ3v) is 5.15. The van der Waals surface area contributed by atoms with Crippen LogP contribution in [-0.4, -0.2) is 46.2 Å². The number of unbranched alkanes of at least 4 members (excludes halogenated alkanes) is 1. The van der Waals surface area contributed by atoms with E-state index in [0.29, 0.717) is 29.5 Å². The maximum atomic E-state index is 12.5. The Balaban J connectivity index is 1.74. The number of esters is 1. The molecule has 30 heavy (non-hydrogen) atoms. The van der Waals surface area contributed by atoms with Crippen molar-refractivity contribution in [2.45, 2.75) is 19.8 Å². The van der Waals surface area contributed by atoms with Crippen LogP contribution in [0, 0.1) is 0 Å². The number of imide groups is 1. The number of aromatic carboxylic acids is 1. The van der Waals surface area contributed by atoms with E-state index in [9.17, 15) is 24.3 Å². The van der Waals surface area contributed by atoms with Gasteiger partial charge in [-0.3, -0.25) is 19.3 Å². The molecule has 1 aliphatic heterocycles. The molecular weight excluding hydrogens is 410 g/mol. The van der Waals surface area contributed by atoms with Crippen LogP contribution in [0.25, 0.3) is 17.4 Å². The van der Waals surface area contributed by atoms with Crippen molar-refractivity contribution in [2.75, 3.05) is 13.2 Å². The minimum Gasteiger partial charge on any atom is -0.478 e. The molecule has 2 amide bonds. The number of nitrogens with zero attached hydrogens (tertiary/aromatic N) is 1. The summed E-state index contributed by atoms with van der Waals surface area (Å²) in [4.78, 5) is 48.7. The Bertz CT molecular complexity index is 1020. The fourth-order valence-electron chi connectivity index (χ4n) is 2.73. The van der Waals surface area contributed by atoms with Gasteiger partial charge in [0, 0.05) is 11.6 Å². The first-order chi connectivity index (χ1) is 14.4. The summed E-state index contributed by atoms with van der Waals surface area (Å²) in [6.07, 6.45) is 2.96. The largest absolute Gasteiger partial charge is 0.478 e. The van der Waals surface area contributed by atoms with Crippen LogP contribution in [-0.2, 0) is 14.3 Å². The highest BCUT2D eigenvalue weighted by atomic mass is 32.2. The van der Waals surface area contributed by atoms with Crippen molar-refractivity contribution in [3.8, 4) is 11.3 Å². The van der Waals surface area contributed by atoms with E-state index in [2.05, 4.69) is 0 Å². The van der Waals surface area contributed by atoms with Crippen LogP contribution in [0.15, 0.2) is 45.7 Å². The first kappa shape index (κ1) is 21.4. The quantitative estimate of drug-likeness (QED) is 0.380. The molecule has 1 aliphatic rings. The van der Waals surface area contributed by atoms with Crippen molar-refractivity contribution in [2.24, 2.45) is 0 Å². The molecule has 2 heterocycles. The molecule has 3 rings (SSSR count). The van der Waals surface area contributed by atoms with Crippen LogP contribution >= 0.6 is 11.8 Å². The van der Waals surface area contributed by atoms with Gasteiger partial charge in [0.2, 0.25) is 0 Å². The average Bonchev–Trinajstić information content (AvgIpc) is 3.28. The third kappa shape index (κ3) is 4.80. The molecule has 1 saturated heterocycles. The molecular formula is C21H19NO7S. The molecule has 0 unspecified atom stereocenters. The van der Waals surface area contributed by atoms with Gasteiger partial charge in [0.1, 0.15) is 18.1 Å². The Morgan fingerprint density at radius 3 is 2.70 bits per heavy atom. The highest BCUT2D eigenvalue weighted by Gasteiger charge is 2.37. The summed E-state index contributed by atoms with van der Waals surface area (Å²) in [6, 6.07) is 9.54. The van der Waals surface area contributed by atoms with Crippen molar-refractivity contribution in [1.29, 1.82) is 0 Å². The van der Waals surface area contributed by atoms with Crippen molar-refractivity contribution in [3.63, 3.8) is 0 Å². The number of carboxylic acid groups (broad SMARTS) is 1. The SMILES string of the molecule is CCCCOC(=O)CN1C(=O)S/C(=C\c2ccc(-c3ccccc3C(=O)O)o2)C1=O. The molecule has 2 aromatic rings. The molecule has 0 aliphatic carbocycles. The number of ether oxygens (including phenoxy) is 1. The lowest BCUT2D eigenvalue weighted by atomic mass is 10.1. The lowest BCUT2D eigenvalue weighted by Gasteiger charge is -2.11. The molecule has 9 heteroatoms. The number of benzene rings is 1. The van der Waals surface area contributed by atoms with Crippen molar-refractivity contribution < 1.29 is 33.4 Å². The number of amides is 2. The van der Waals surface area contributed by atoms with Crippen LogP contribution in [0.1, 0.15) is 35.9 Å². The predicted octanol–water partition coefficient (Wildman–Crippen LogP) is 4.02. The second-order valence-electron chi connectivity index (χ2n) is 6.39. The van der Waals surface area contributed by atoms with E-state index in [4.69, 9.17) is 9.15 Å². The van der Waals surface area contributed by atoms with Gasteiger partial charge in [-0.2, -0.15) is 0 Å². The smallest absolute Gasteiger partial charge is 0.336 e. The minimum atomic E-state index is -1.09. The van der Waals surface area contributed by atoms with E-state index in [1.165, 1.54) is 12.1 Å². The molecule has 0 bridgehead atoms. The Hall–Kier alpha value is -3.33. The maximum absolute atomic E-state index is 12.5. The predicted molar refractivity (Wildman–Crippen MR) is 110 cm³/mol. The minimum absolute atomic E-state index is 0.0836. The number of hydrogen-bond donors (Lipinski definition) is 1. The van der Waals surface area contributed by atoms with E-state index in [1.54, 1.807) is 30.3 Å². The molecule has 0 saturated carbocycles. The second kappa shape index (κ2) is 9.45. The van der Waals surface area contributed by atoms with E-state index >= 15 is 0 Å². The summed E-state index contributed by atoms with van der Waals surface area (Å²) in [6.45, 7) is 1.75. The summed E-state index contributed by atoms with van der Waals surface area (Å²) in [5.41, 5.74) is 0.480. The zero-order valence-electron chi connectivity index (χ0n) is 16.1. The third-order valence-electron chi connectivity index (χ3n) is 4.24. The van der Waals surface area contributed by atoms with Gasteiger partial charge in [-0.05, 0) is 36.4 Å². The number of carboxylic acids is 1. The zero-order valence-corrected chi connectivity index (χ0v) is 16.9. The molecule has 1 N–H and O–H groups in total. The lowest BCUT2D eigenvalue weighted by molar-refractivity contribution is -0.146. The number of thioether (sulfide) groups is 1. The molecule has 0 atom stereocenters. The first-order valence-corrected chi connectivity index (χ1v) is 10.1. The van der Waals surface area contributed by atoms with Crippen molar-refractivity contribution in [1.82, 2.24) is 4.90 Å². The fourth-order valence-corrected chi connectivity index (χ4v) is 3.55. The Morgan fingerprint density at radius 1 is 1.20 bits per heavy atom. The number of carbonyl (C=O) groups excluding carboxylic acids is 3. The summed E-state index contributed by atoms with van der Waals surface area (Å²) in [7, 11) is 0. The molecule has 0 radical (unpaired) electrons. The van der Waals surface area contributed by atoms with E-state index in [-0.39, 0.29) is 22.8 Å². The van der Waals surface area contributed by atoms with Gasteiger partial charge in [-0.15, -0.1) is 0 Å². The maximum Gasteiger partial charge on any atom is 0.336 e. The van der Waals surface area contributed by atoms with Gasteiger partial charge >= 0.3 is 11.9 Å². The molecule has 1 fully saturated rings. The van der Waals surface area contributed by atoms with Crippen LogP contribution in [0.5, 0.6) is 0 Å². The molecule has 0 spiro atoms. The van der Waals surface area contributed by atoms with Crippen LogP contribution in [0.2, 0.25) is 0 Å². The number of carbonyl (C=O) groups is 4. The normalized spacial score (nSPS) is 15.1. The molecule has 156 valence electrons. The average molecular weight is 429 g/mol. The zero-order chi connectivity index (χ0) is 21.7. The van der Waals surface area contributed by atoms with Gasteiger partial charge in [0.15, 0.2) is 0 Å².